The zero-order chi connectivity index (χ0) is 9.14. The zero-order valence-corrected chi connectivity index (χ0v) is 7.96. The quantitative estimate of drug-likeness (QED) is 0.667. The highest BCUT2D eigenvalue weighted by Gasteiger charge is 2.26. The molecule has 0 spiro atoms. The van der Waals surface area contributed by atoms with Crippen molar-refractivity contribution in [3.05, 3.63) is 0 Å². The van der Waals surface area contributed by atoms with Crippen LogP contribution in [0, 0.1) is 11.8 Å². The summed E-state index contributed by atoms with van der Waals surface area (Å²) in [4.78, 5) is 11.3. The van der Waals surface area contributed by atoms with E-state index >= 15 is 0 Å². The van der Waals surface area contributed by atoms with Crippen molar-refractivity contribution in [2.24, 2.45) is 11.8 Å². The third kappa shape index (κ3) is 2.21. The van der Waals surface area contributed by atoms with Crippen molar-refractivity contribution < 1.29 is 9.53 Å². The molecule has 1 fully saturated rings. The number of amides is 1. The molecule has 2 unspecified atom stereocenters. The van der Waals surface area contributed by atoms with Crippen LogP contribution in [0.4, 0.5) is 0 Å². The Morgan fingerprint density at radius 1 is 1.50 bits per heavy atom. The maximum absolute atomic E-state index is 11.3. The predicted molar refractivity (Wildman–Crippen MR) is 46.8 cm³/mol. The fraction of sp³-hybridized carbons (Fsp3) is 0.889. The molecule has 1 rings (SSSR count). The molecule has 1 amide bonds. The van der Waals surface area contributed by atoms with Crippen LogP contribution in [0.15, 0.2) is 0 Å². The molecule has 1 aliphatic rings. The van der Waals surface area contributed by atoms with Gasteiger partial charge in [-0.25, -0.2) is 0 Å². The average molecular weight is 171 g/mol. The van der Waals surface area contributed by atoms with Crippen LogP contribution in [0.2, 0.25) is 0 Å². The van der Waals surface area contributed by atoms with Gasteiger partial charge in [-0.1, -0.05) is 20.8 Å². The topological polar surface area (TPSA) is 38.3 Å². The summed E-state index contributed by atoms with van der Waals surface area (Å²) >= 11 is 0. The van der Waals surface area contributed by atoms with Crippen LogP contribution in [0.25, 0.3) is 0 Å². The van der Waals surface area contributed by atoms with E-state index in [-0.39, 0.29) is 17.9 Å². The number of rotatable bonds is 2. The van der Waals surface area contributed by atoms with Crippen molar-refractivity contribution in [2.45, 2.75) is 26.8 Å². The van der Waals surface area contributed by atoms with Crippen LogP contribution >= 0.6 is 0 Å². The van der Waals surface area contributed by atoms with Gasteiger partial charge in [-0.3, -0.25) is 4.79 Å². The highest BCUT2D eigenvalue weighted by molar-refractivity contribution is 5.78. The summed E-state index contributed by atoms with van der Waals surface area (Å²) in [6, 6.07) is 0.222. The van der Waals surface area contributed by atoms with E-state index in [1.54, 1.807) is 0 Å². The SMILES string of the molecule is CC(C)C(=O)NC1COCC1C. The van der Waals surface area contributed by atoms with Crippen molar-refractivity contribution in [1.82, 2.24) is 5.32 Å². The molecule has 2 atom stereocenters. The Morgan fingerprint density at radius 2 is 2.17 bits per heavy atom. The van der Waals surface area contributed by atoms with Gasteiger partial charge >= 0.3 is 0 Å². The normalized spacial score (nSPS) is 29.3. The molecular formula is C9H17NO2. The Kier molecular flexibility index (Phi) is 3.09. The molecule has 70 valence electrons. The van der Waals surface area contributed by atoms with Crippen molar-refractivity contribution in [3.8, 4) is 0 Å². The van der Waals surface area contributed by atoms with Crippen molar-refractivity contribution in [1.29, 1.82) is 0 Å². The van der Waals surface area contributed by atoms with Gasteiger partial charge in [-0.05, 0) is 0 Å². The average Bonchev–Trinajstić information content (AvgIpc) is 2.36. The monoisotopic (exact) mass is 171 g/mol. The Balaban J connectivity index is 2.35. The molecule has 0 aromatic carbocycles. The Morgan fingerprint density at radius 3 is 2.58 bits per heavy atom. The van der Waals surface area contributed by atoms with Gasteiger partial charge in [0.1, 0.15) is 0 Å². The van der Waals surface area contributed by atoms with Gasteiger partial charge in [0.05, 0.1) is 19.3 Å². The number of ether oxygens (including phenoxy) is 1. The highest BCUT2D eigenvalue weighted by atomic mass is 16.5. The molecule has 0 aromatic heterocycles. The lowest BCUT2D eigenvalue weighted by Crippen LogP contribution is -2.41. The fourth-order valence-corrected chi connectivity index (χ4v) is 1.19. The van der Waals surface area contributed by atoms with Crippen LogP contribution in [0.3, 0.4) is 0 Å². The van der Waals surface area contributed by atoms with Gasteiger partial charge in [0.15, 0.2) is 0 Å². The minimum atomic E-state index is 0.0674. The molecule has 12 heavy (non-hydrogen) atoms. The summed E-state index contributed by atoms with van der Waals surface area (Å²) < 4.78 is 5.24. The number of carbonyl (C=O) groups is 1. The van der Waals surface area contributed by atoms with Crippen LogP contribution in [0.5, 0.6) is 0 Å². The van der Waals surface area contributed by atoms with Gasteiger partial charge in [0.2, 0.25) is 5.91 Å². The number of hydrogen-bond acceptors (Lipinski definition) is 2. The lowest BCUT2D eigenvalue weighted by atomic mass is 10.1. The van der Waals surface area contributed by atoms with E-state index in [0.29, 0.717) is 12.5 Å². The maximum atomic E-state index is 11.3. The molecule has 1 aliphatic heterocycles. The van der Waals surface area contributed by atoms with Crippen molar-refractivity contribution in [3.63, 3.8) is 0 Å². The molecule has 1 saturated heterocycles. The van der Waals surface area contributed by atoms with E-state index in [0.717, 1.165) is 6.61 Å². The second kappa shape index (κ2) is 3.90. The van der Waals surface area contributed by atoms with E-state index in [9.17, 15) is 4.79 Å². The molecule has 0 radical (unpaired) electrons. The second-order valence-corrected chi connectivity index (χ2v) is 3.78. The van der Waals surface area contributed by atoms with Crippen LogP contribution in [-0.2, 0) is 9.53 Å². The number of hydrogen-bond donors (Lipinski definition) is 1. The maximum Gasteiger partial charge on any atom is 0.222 e. The highest BCUT2D eigenvalue weighted by Crippen LogP contribution is 2.12. The molecule has 0 saturated carbocycles. The summed E-state index contributed by atoms with van der Waals surface area (Å²) in [5, 5.41) is 2.96. The van der Waals surface area contributed by atoms with E-state index in [1.807, 2.05) is 13.8 Å². The first-order valence-corrected chi connectivity index (χ1v) is 4.49. The van der Waals surface area contributed by atoms with E-state index in [4.69, 9.17) is 4.74 Å². The van der Waals surface area contributed by atoms with Gasteiger partial charge in [-0.2, -0.15) is 0 Å². The summed E-state index contributed by atoms with van der Waals surface area (Å²) in [6.45, 7) is 7.33. The van der Waals surface area contributed by atoms with Crippen LogP contribution < -0.4 is 5.32 Å². The largest absolute Gasteiger partial charge is 0.379 e. The smallest absolute Gasteiger partial charge is 0.222 e. The van der Waals surface area contributed by atoms with E-state index in [1.165, 1.54) is 0 Å². The Labute approximate surface area is 73.5 Å². The molecule has 1 N–H and O–H groups in total. The summed E-state index contributed by atoms with van der Waals surface area (Å²) in [5.74, 6) is 0.642. The van der Waals surface area contributed by atoms with Crippen LogP contribution in [0.1, 0.15) is 20.8 Å². The predicted octanol–water partition coefficient (Wildman–Crippen LogP) is 0.793. The van der Waals surface area contributed by atoms with E-state index < -0.39 is 0 Å². The zero-order valence-electron chi connectivity index (χ0n) is 7.96. The summed E-state index contributed by atoms with van der Waals surface area (Å²) in [7, 11) is 0. The van der Waals surface area contributed by atoms with Crippen LogP contribution in [-0.4, -0.2) is 25.2 Å². The van der Waals surface area contributed by atoms with Gasteiger partial charge in [0, 0.05) is 11.8 Å². The van der Waals surface area contributed by atoms with Crippen molar-refractivity contribution in [2.75, 3.05) is 13.2 Å². The number of carbonyl (C=O) groups excluding carboxylic acids is 1. The third-order valence-electron chi connectivity index (χ3n) is 2.22. The molecule has 0 bridgehead atoms. The Hall–Kier alpha value is -0.570. The minimum Gasteiger partial charge on any atom is -0.379 e. The first-order valence-electron chi connectivity index (χ1n) is 4.49. The summed E-state index contributed by atoms with van der Waals surface area (Å²) in [6.07, 6.45) is 0. The van der Waals surface area contributed by atoms with Gasteiger partial charge in [0.25, 0.3) is 0 Å². The molecule has 3 nitrogen and oxygen atoms in total. The first kappa shape index (κ1) is 9.52. The molecule has 0 aromatic rings. The first-order chi connectivity index (χ1) is 5.61. The lowest BCUT2D eigenvalue weighted by molar-refractivity contribution is -0.124. The minimum absolute atomic E-state index is 0.0674. The van der Waals surface area contributed by atoms with E-state index in [2.05, 4.69) is 12.2 Å². The molecule has 0 aliphatic carbocycles. The van der Waals surface area contributed by atoms with Gasteiger partial charge < -0.3 is 10.1 Å². The Bertz CT molecular complexity index is 168. The molecule has 3 heteroatoms. The number of nitrogens with one attached hydrogen (secondary N) is 1. The lowest BCUT2D eigenvalue weighted by Gasteiger charge is -2.16. The third-order valence-corrected chi connectivity index (χ3v) is 2.22. The molecular weight excluding hydrogens is 154 g/mol. The van der Waals surface area contributed by atoms with Gasteiger partial charge in [-0.15, -0.1) is 0 Å². The molecule has 1 heterocycles. The second-order valence-electron chi connectivity index (χ2n) is 3.78. The fourth-order valence-electron chi connectivity index (χ4n) is 1.19. The standard InChI is InChI=1S/C9H17NO2/c1-6(2)9(11)10-8-5-12-4-7(8)3/h6-8H,4-5H2,1-3H3,(H,10,11). The van der Waals surface area contributed by atoms with Crippen molar-refractivity contribution >= 4 is 5.91 Å². The summed E-state index contributed by atoms with van der Waals surface area (Å²) in [5.41, 5.74) is 0.